The number of fused-ring (bicyclic) bond motifs is 4. The van der Waals surface area contributed by atoms with Crippen LogP contribution in [-0.4, -0.2) is 40.3 Å². The molecule has 1 aromatic carbocycles. The van der Waals surface area contributed by atoms with E-state index in [4.69, 9.17) is 10.5 Å². The number of nitrogens with zero attached hydrogens (tertiary/aromatic N) is 3. The molecular formula is C23H22F3N5O3. The maximum atomic E-state index is 13.4. The van der Waals surface area contributed by atoms with Crippen molar-refractivity contribution >= 4 is 34.4 Å². The molecule has 3 N–H and O–H groups in total. The van der Waals surface area contributed by atoms with Crippen LogP contribution in [0, 0.1) is 0 Å². The third-order valence-corrected chi connectivity index (χ3v) is 6.54. The van der Waals surface area contributed by atoms with Crippen molar-refractivity contribution in [2.45, 2.75) is 38.8 Å². The molecule has 0 aliphatic carbocycles. The standard InChI is InChI=1S/C23H22F3N5O3/c1-11(32)31-6-5-18(13-4-3-12(7-19(13)31)23(24,25)26)30(2)22(33)17-8-16-20(28-17)14-9-34-10-15(14)21(27)29-16/h3-4,7-8,18,28H,5-6,9-10H2,1-2H3,(H2,27,29). The summed E-state index contributed by atoms with van der Waals surface area (Å²) in [5, 5.41) is 0. The first-order chi connectivity index (χ1) is 16.1. The Morgan fingerprint density at radius 1 is 1.24 bits per heavy atom. The van der Waals surface area contributed by atoms with E-state index < -0.39 is 17.8 Å². The molecule has 178 valence electrons. The van der Waals surface area contributed by atoms with Crippen molar-refractivity contribution in [3.05, 3.63) is 52.2 Å². The van der Waals surface area contributed by atoms with Crippen molar-refractivity contribution in [3.63, 3.8) is 0 Å². The van der Waals surface area contributed by atoms with E-state index in [-0.39, 0.29) is 29.7 Å². The first-order valence-corrected chi connectivity index (χ1v) is 10.7. The zero-order valence-corrected chi connectivity index (χ0v) is 18.5. The Morgan fingerprint density at radius 2 is 1.97 bits per heavy atom. The topological polar surface area (TPSA) is 105 Å². The lowest BCUT2D eigenvalue weighted by Gasteiger charge is -2.38. The Hall–Kier alpha value is -3.60. The van der Waals surface area contributed by atoms with Gasteiger partial charge in [-0.05, 0) is 30.2 Å². The molecule has 0 spiro atoms. The summed E-state index contributed by atoms with van der Waals surface area (Å²) in [6.07, 6.45) is -4.16. The second-order valence-electron chi connectivity index (χ2n) is 8.55. The number of H-pyrrole nitrogens is 1. The number of nitrogens with one attached hydrogen (secondary N) is 1. The van der Waals surface area contributed by atoms with Crippen LogP contribution in [0.4, 0.5) is 24.7 Å². The average molecular weight is 473 g/mol. The van der Waals surface area contributed by atoms with Crippen molar-refractivity contribution in [1.29, 1.82) is 0 Å². The molecule has 8 nitrogen and oxygen atoms in total. The van der Waals surface area contributed by atoms with Gasteiger partial charge >= 0.3 is 6.18 Å². The summed E-state index contributed by atoms with van der Waals surface area (Å²) in [7, 11) is 1.60. The second kappa shape index (κ2) is 7.73. The van der Waals surface area contributed by atoms with E-state index in [1.54, 1.807) is 13.1 Å². The third kappa shape index (κ3) is 3.47. The van der Waals surface area contributed by atoms with E-state index in [2.05, 4.69) is 9.97 Å². The molecule has 2 aliphatic rings. The Kier molecular flexibility index (Phi) is 5.05. The highest BCUT2D eigenvalue weighted by molar-refractivity contribution is 5.99. The van der Waals surface area contributed by atoms with Crippen LogP contribution in [-0.2, 0) is 28.9 Å². The fraction of sp³-hybridized carbons (Fsp3) is 0.348. The SMILES string of the molecule is CC(=O)N1CCC(N(C)C(=O)c2cc3nc(N)c4c(c3[nH]2)COC4)c2ccc(C(F)(F)F)cc21. The lowest BCUT2D eigenvalue weighted by Crippen LogP contribution is -2.41. The highest BCUT2D eigenvalue weighted by atomic mass is 19.4. The van der Waals surface area contributed by atoms with Crippen LogP contribution >= 0.6 is 0 Å². The van der Waals surface area contributed by atoms with Crippen molar-refractivity contribution in [2.75, 3.05) is 24.2 Å². The van der Waals surface area contributed by atoms with Gasteiger partial charge in [0.1, 0.15) is 11.5 Å². The van der Waals surface area contributed by atoms with Gasteiger partial charge in [0.15, 0.2) is 0 Å². The first-order valence-electron chi connectivity index (χ1n) is 10.7. The van der Waals surface area contributed by atoms with E-state index in [1.165, 1.54) is 22.8 Å². The number of hydrogen-bond acceptors (Lipinski definition) is 5. The molecule has 0 bridgehead atoms. The number of nitrogens with two attached hydrogens (primary N) is 1. The lowest BCUT2D eigenvalue weighted by atomic mass is 9.93. The highest BCUT2D eigenvalue weighted by Crippen LogP contribution is 2.41. The summed E-state index contributed by atoms with van der Waals surface area (Å²) in [6, 6.07) is 4.40. The molecule has 2 aromatic heterocycles. The average Bonchev–Trinajstić information content (AvgIpc) is 3.43. The molecule has 4 heterocycles. The van der Waals surface area contributed by atoms with E-state index in [0.717, 1.165) is 23.3 Å². The third-order valence-electron chi connectivity index (χ3n) is 6.54. The number of benzene rings is 1. The van der Waals surface area contributed by atoms with Crippen molar-refractivity contribution in [1.82, 2.24) is 14.9 Å². The quantitative estimate of drug-likeness (QED) is 0.590. The number of hydrogen-bond donors (Lipinski definition) is 2. The summed E-state index contributed by atoms with van der Waals surface area (Å²) in [6.45, 7) is 2.23. The van der Waals surface area contributed by atoms with Gasteiger partial charge in [-0.1, -0.05) is 6.07 Å². The number of amides is 2. The molecule has 0 radical (unpaired) electrons. The largest absolute Gasteiger partial charge is 0.416 e. The predicted molar refractivity (Wildman–Crippen MR) is 118 cm³/mol. The monoisotopic (exact) mass is 473 g/mol. The summed E-state index contributed by atoms with van der Waals surface area (Å²) < 4.78 is 45.4. The maximum absolute atomic E-state index is 13.4. The number of aromatic nitrogens is 2. The smallest absolute Gasteiger partial charge is 0.383 e. The summed E-state index contributed by atoms with van der Waals surface area (Å²) in [5.41, 5.74) is 9.00. The molecule has 1 atom stereocenters. The number of halogens is 3. The molecule has 0 saturated carbocycles. The normalized spacial score (nSPS) is 17.6. The first kappa shape index (κ1) is 22.2. The molecule has 0 fully saturated rings. The van der Waals surface area contributed by atoms with Gasteiger partial charge in [-0.25, -0.2) is 4.98 Å². The van der Waals surface area contributed by atoms with Crippen molar-refractivity contribution in [3.8, 4) is 0 Å². The van der Waals surface area contributed by atoms with Gasteiger partial charge < -0.3 is 25.3 Å². The maximum Gasteiger partial charge on any atom is 0.416 e. The Bertz CT molecular complexity index is 1330. The minimum absolute atomic E-state index is 0.166. The molecule has 5 rings (SSSR count). The molecule has 34 heavy (non-hydrogen) atoms. The summed E-state index contributed by atoms with van der Waals surface area (Å²) in [5.74, 6) is -0.350. The number of alkyl halides is 3. The van der Waals surface area contributed by atoms with Gasteiger partial charge in [0, 0.05) is 37.3 Å². The zero-order chi connectivity index (χ0) is 24.4. The number of pyridine rings is 1. The van der Waals surface area contributed by atoms with Crippen LogP contribution in [0.25, 0.3) is 11.0 Å². The van der Waals surface area contributed by atoms with Gasteiger partial charge in [0.05, 0.1) is 35.9 Å². The van der Waals surface area contributed by atoms with E-state index >= 15 is 0 Å². The van der Waals surface area contributed by atoms with Crippen molar-refractivity contribution in [2.24, 2.45) is 0 Å². The Labute approximate surface area is 192 Å². The number of ether oxygens (including phenoxy) is 1. The predicted octanol–water partition coefficient (Wildman–Crippen LogP) is 3.76. The summed E-state index contributed by atoms with van der Waals surface area (Å²) >= 11 is 0. The molecule has 3 aromatic rings. The molecule has 2 amide bonds. The number of nitrogen functional groups attached to an aromatic ring is 1. The Balaban J connectivity index is 1.51. The van der Waals surface area contributed by atoms with Crippen LogP contribution in [0.2, 0.25) is 0 Å². The minimum atomic E-state index is -4.55. The lowest BCUT2D eigenvalue weighted by molar-refractivity contribution is -0.137. The van der Waals surface area contributed by atoms with E-state index in [0.29, 0.717) is 42.0 Å². The fourth-order valence-corrected chi connectivity index (χ4v) is 4.78. The number of anilines is 2. The van der Waals surface area contributed by atoms with Gasteiger partial charge in [0.25, 0.3) is 5.91 Å². The van der Waals surface area contributed by atoms with Gasteiger partial charge in [-0.3, -0.25) is 9.59 Å². The zero-order valence-electron chi connectivity index (χ0n) is 18.5. The number of rotatable bonds is 2. The Morgan fingerprint density at radius 3 is 2.68 bits per heavy atom. The minimum Gasteiger partial charge on any atom is -0.383 e. The molecular weight excluding hydrogens is 451 g/mol. The van der Waals surface area contributed by atoms with Crippen molar-refractivity contribution < 1.29 is 27.5 Å². The molecule has 2 aliphatic heterocycles. The van der Waals surface area contributed by atoms with Crippen LogP contribution in [0.3, 0.4) is 0 Å². The van der Waals surface area contributed by atoms with Gasteiger partial charge in [-0.2, -0.15) is 13.2 Å². The summed E-state index contributed by atoms with van der Waals surface area (Å²) in [4.78, 5) is 35.8. The molecule has 1 unspecified atom stereocenters. The second-order valence-corrected chi connectivity index (χ2v) is 8.55. The fourth-order valence-electron chi connectivity index (χ4n) is 4.78. The molecule has 0 saturated heterocycles. The van der Waals surface area contributed by atoms with E-state index in [1.807, 2.05) is 0 Å². The molecule has 11 heteroatoms. The van der Waals surface area contributed by atoms with Crippen LogP contribution in [0.5, 0.6) is 0 Å². The number of aromatic amines is 1. The van der Waals surface area contributed by atoms with Gasteiger partial charge in [0.2, 0.25) is 5.91 Å². The van der Waals surface area contributed by atoms with Crippen LogP contribution in [0.1, 0.15) is 52.1 Å². The highest BCUT2D eigenvalue weighted by Gasteiger charge is 2.37. The van der Waals surface area contributed by atoms with Crippen LogP contribution < -0.4 is 10.6 Å². The van der Waals surface area contributed by atoms with E-state index in [9.17, 15) is 22.8 Å². The number of carbonyl (C=O) groups is 2. The van der Waals surface area contributed by atoms with Gasteiger partial charge in [-0.15, -0.1) is 0 Å². The number of carbonyl (C=O) groups excluding carboxylic acids is 2. The van der Waals surface area contributed by atoms with Crippen LogP contribution in [0.15, 0.2) is 24.3 Å².